The first-order valence-corrected chi connectivity index (χ1v) is 8.09. The third-order valence-electron chi connectivity index (χ3n) is 3.26. The van der Waals surface area contributed by atoms with E-state index in [-0.39, 0.29) is 0 Å². The molecule has 2 N–H and O–H groups in total. The van der Waals surface area contributed by atoms with E-state index in [4.69, 9.17) is 0 Å². The maximum absolute atomic E-state index is 4.59. The molecule has 0 spiro atoms. The number of aromatic amines is 1. The molecule has 0 saturated heterocycles. The lowest BCUT2D eigenvalue weighted by Crippen LogP contribution is -2.13. The number of para-hydroxylation sites is 2. The van der Waals surface area contributed by atoms with Gasteiger partial charge in [-0.25, -0.2) is 4.98 Å². The zero-order valence-corrected chi connectivity index (χ0v) is 12.9. The van der Waals surface area contributed by atoms with Gasteiger partial charge in [-0.1, -0.05) is 43.0 Å². The second kappa shape index (κ2) is 6.78. The van der Waals surface area contributed by atoms with Gasteiger partial charge >= 0.3 is 0 Å². The van der Waals surface area contributed by atoms with Crippen LogP contribution in [0.1, 0.15) is 18.9 Å². The van der Waals surface area contributed by atoms with E-state index in [2.05, 4.69) is 52.5 Å². The Morgan fingerprint density at radius 3 is 2.67 bits per heavy atom. The Kier molecular flexibility index (Phi) is 4.58. The van der Waals surface area contributed by atoms with E-state index in [0.29, 0.717) is 0 Å². The number of hydrogen-bond acceptors (Lipinski definition) is 3. The van der Waals surface area contributed by atoms with Crippen LogP contribution in [0.15, 0.2) is 58.6 Å². The fourth-order valence-electron chi connectivity index (χ4n) is 2.17. The van der Waals surface area contributed by atoms with Crippen molar-refractivity contribution in [1.29, 1.82) is 0 Å². The molecular formula is C17H19N3S. The van der Waals surface area contributed by atoms with Crippen LogP contribution in [0, 0.1) is 0 Å². The molecule has 0 aliphatic heterocycles. The predicted molar refractivity (Wildman–Crippen MR) is 88.7 cm³/mol. The molecule has 0 aliphatic rings. The SMILES string of the molecule is CCCNCc1ccc(Sc2nc3ccccc3[nH]2)cc1. The highest BCUT2D eigenvalue weighted by atomic mass is 32.2. The largest absolute Gasteiger partial charge is 0.333 e. The summed E-state index contributed by atoms with van der Waals surface area (Å²) in [7, 11) is 0. The molecule has 0 fully saturated rings. The van der Waals surface area contributed by atoms with E-state index < -0.39 is 0 Å². The van der Waals surface area contributed by atoms with Crippen LogP contribution in [-0.4, -0.2) is 16.5 Å². The van der Waals surface area contributed by atoms with Crippen molar-refractivity contribution in [2.45, 2.75) is 29.9 Å². The van der Waals surface area contributed by atoms with Gasteiger partial charge < -0.3 is 10.3 Å². The molecule has 0 radical (unpaired) electrons. The van der Waals surface area contributed by atoms with Crippen molar-refractivity contribution in [1.82, 2.24) is 15.3 Å². The molecule has 0 unspecified atom stereocenters. The molecule has 1 heterocycles. The smallest absolute Gasteiger partial charge is 0.171 e. The lowest BCUT2D eigenvalue weighted by atomic mass is 10.2. The third kappa shape index (κ3) is 3.65. The summed E-state index contributed by atoms with van der Waals surface area (Å²) in [6.45, 7) is 4.18. The molecule has 1 aromatic heterocycles. The first-order chi connectivity index (χ1) is 10.3. The normalized spacial score (nSPS) is 11.1. The van der Waals surface area contributed by atoms with Crippen molar-refractivity contribution in [2.24, 2.45) is 0 Å². The van der Waals surface area contributed by atoms with Crippen LogP contribution in [-0.2, 0) is 6.54 Å². The molecule has 3 rings (SSSR count). The second-order valence-corrected chi connectivity index (χ2v) is 6.04. The molecule has 3 aromatic rings. The van der Waals surface area contributed by atoms with Crippen LogP contribution in [0.25, 0.3) is 11.0 Å². The summed E-state index contributed by atoms with van der Waals surface area (Å²) < 4.78 is 0. The highest BCUT2D eigenvalue weighted by molar-refractivity contribution is 7.99. The zero-order valence-electron chi connectivity index (χ0n) is 12.1. The quantitative estimate of drug-likeness (QED) is 0.669. The molecule has 2 aromatic carbocycles. The number of benzene rings is 2. The standard InChI is InChI=1S/C17H19N3S/c1-2-11-18-12-13-7-9-14(10-8-13)21-17-19-15-5-3-4-6-16(15)20-17/h3-10,18H,2,11-12H2,1H3,(H,19,20). The monoisotopic (exact) mass is 297 g/mol. The lowest BCUT2D eigenvalue weighted by Gasteiger charge is -2.04. The van der Waals surface area contributed by atoms with Crippen molar-refractivity contribution in [3.8, 4) is 0 Å². The number of rotatable bonds is 6. The molecule has 3 nitrogen and oxygen atoms in total. The number of nitrogens with zero attached hydrogens (tertiary/aromatic N) is 1. The predicted octanol–water partition coefficient (Wildman–Crippen LogP) is 4.21. The molecule has 108 valence electrons. The minimum atomic E-state index is 0.934. The van der Waals surface area contributed by atoms with Crippen molar-refractivity contribution in [2.75, 3.05) is 6.54 Å². The Morgan fingerprint density at radius 2 is 1.90 bits per heavy atom. The number of aromatic nitrogens is 2. The Morgan fingerprint density at radius 1 is 1.10 bits per heavy atom. The maximum Gasteiger partial charge on any atom is 0.171 e. The van der Waals surface area contributed by atoms with Gasteiger partial charge in [-0.3, -0.25) is 0 Å². The summed E-state index contributed by atoms with van der Waals surface area (Å²) in [5.74, 6) is 0. The van der Waals surface area contributed by atoms with E-state index in [0.717, 1.165) is 29.3 Å². The van der Waals surface area contributed by atoms with E-state index in [1.165, 1.54) is 16.9 Å². The summed E-state index contributed by atoms with van der Waals surface area (Å²) in [6, 6.07) is 16.8. The Hall–Kier alpha value is -1.78. The topological polar surface area (TPSA) is 40.7 Å². The van der Waals surface area contributed by atoms with Gasteiger partial charge in [-0.15, -0.1) is 0 Å². The van der Waals surface area contributed by atoms with E-state index in [1.54, 1.807) is 11.8 Å². The van der Waals surface area contributed by atoms with Gasteiger partial charge in [-0.2, -0.15) is 0 Å². The van der Waals surface area contributed by atoms with Crippen LogP contribution >= 0.6 is 11.8 Å². The molecular weight excluding hydrogens is 278 g/mol. The van der Waals surface area contributed by atoms with Crippen LogP contribution in [0.5, 0.6) is 0 Å². The second-order valence-electron chi connectivity index (χ2n) is 4.98. The fraction of sp³-hybridized carbons (Fsp3) is 0.235. The highest BCUT2D eigenvalue weighted by Gasteiger charge is 2.04. The Bertz CT molecular complexity index is 670. The van der Waals surface area contributed by atoms with Crippen LogP contribution in [0.4, 0.5) is 0 Å². The summed E-state index contributed by atoms with van der Waals surface area (Å²) in [4.78, 5) is 9.13. The minimum Gasteiger partial charge on any atom is -0.333 e. The number of hydrogen-bond donors (Lipinski definition) is 2. The van der Waals surface area contributed by atoms with Gasteiger partial charge in [-0.05, 0) is 42.8 Å². The highest BCUT2D eigenvalue weighted by Crippen LogP contribution is 2.27. The molecule has 0 aliphatic carbocycles. The Labute approximate surface area is 129 Å². The zero-order chi connectivity index (χ0) is 14.5. The summed E-state index contributed by atoms with van der Waals surface area (Å²) >= 11 is 1.66. The summed E-state index contributed by atoms with van der Waals surface area (Å²) in [6.07, 6.45) is 1.17. The molecule has 0 amide bonds. The third-order valence-corrected chi connectivity index (χ3v) is 4.16. The number of imidazole rings is 1. The van der Waals surface area contributed by atoms with E-state index >= 15 is 0 Å². The van der Waals surface area contributed by atoms with Gasteiger partial charge in [0.2, 0.25) is 0 Å². The maximum atomic E-state index is 4.59. The van der Waals surface area contributed by atoms with Crippen molar-refractivity contribution >= 4 is 22.8 Å². The van der Waals surface area contributed by atoms with Crippen molar-refractivity contribution in [3.63, 3.8) is 0 Å². The first-order valence-electron chi connectivity index (χ1n) is 7.27. The number of H-pyrrole nitrogens is 1. The number of nitrogens with one attached hydrogen (secondary N) is 2. The fourth-order valence-corrected chi connectivity index (χ4v) is 2.97. The van der Waals surface area contributed by atoms with Gasteiger partial charge in [0, 0.05) is 11.4 Å². The van der Waals surface area contributed by atoms with E-state index in [1.807, 2.05) is 18.2 Å². The van der Waals surface area contributed by atoms with Crippen LogP contribution < -0.4 is 5.32 Å². The van der Waals surface area contributed by atoms with Crippen LogP contribution in [0.2, 0.25) is 0 Å². The van der Waals surface area contributed by atoms with Crippen molar-refractivity contribution < 1.29 is 0 Å². The van der Waals surface area contributed by atoms with Crippen molar-refractivity contribution in [3.05, 3.63) is 54.1 Å². The molecule has 21 heavy (non-hydrogen) atoms. The minimum absolute atomic E-state index is 0.934. The number of fused-ring (bicyclic) bond motifs is 1. The first kappa shape index (κ1) is 14.2. The summed E-state index contributed by atoms with van der Waals surface area (Å²) in [5, 5.41) is 4.35. The molecule has 0 saturated carbocycles. The molecule has 0 bridgehead atoms. The van der Waals surface area contributed by atoms with Gasteiger partial charge in [0.25, 0.3) is 0 Å². The average molecular weight is 297 g/mol. The lowest BCUT2D eigenvalue weighted by molar-refractivity contribution is 0.675. The van der Waals surface area contributed by atoms with Gasteiger partial charge in [0.15, 0.2) is 5.16 Å². The molecule has 4 heteroatoms. The molecule has 0 atom stereocenters. The van der Waals surface area contributed by atoms with Crippen LogP contribution in [0.3, 0.4) is 0 Å². The van der Waals surface area contributed by atoms with Gasteiger partial charge in [0.1, 0.15) is 0 Å². The van der Waals surface area contributed by atoms with E-state index in [9.17, 15) is 0 Å². The Balaban J connectivity index is 1.67. The summed E-state index contributed by atoms with van der Waals surface area (Å²) in [5.41, 5.74) is 3.41. The average Bonchev–Trinajstić information content (AvgIpc) is 2.91. The van der Waals surface area contributed by atoms with Gasteiger partial charge in [0.05, 0.1) is 11.0 Å².